The lowest BCUT2D eigenvalue weighted by Gasteiger charge is -2.32. The third-order valence-electron chi connectivity index (χ3n) is 5.39. The second-order valence-corrected chi connectivity index (χ2v) is 7.64. The van der Waals surface area contributed by atoms with E-state index >= 15 is 0 Å². The first-order chi connectivity index (χ1) is 14.2. The van der Waals surface area contributed by atoms with E-state index in [-0.39, 0.29) is 17.6 Å². The average Bonchev–Trinajstić information content (AvgIpc) is 2.74. The molecular formula is C24H31FN2O2. The molecule has 3 rings (SSSR count). The summed E-state index contributed by atoms with van der Waals surface area (Å²) in [5.41, 5.74) is 2.27. The van der Waals surface area contributed by atoms with Crippen molar-refractivity contribution in [2.24, 2.45) is 5.92 Å². The summed E-state index contributed by atoms with van der Waals surface area (Å²) >= 11 is 0. The van der Waals surface area contributed by atoms with E-state index < -0.39 is 0 Å². The fourth-order valence-electron chi connectivity index (χ4n) is 3.90. The highest BCUT2D eigenvalue weighted by molar-refractivity contribution is 5.78. The van der Waals surface area contributed by atoms with Crippen molar-refractivity contribution in [1.82, 2.24) is 10.2 Å². The SMILES string of the molecule is CCOc1ccccc1CCCNC(=O)C1CCCN(Cc2ccc(F)cc2)C1. The summed E-state index contributed by atoms with van der Waals surface area (Å²) in [5.74, 6) is 0.894. The monoisotopic (exact) mass is 398 g/mol. The molecule has 2 aromatic carbocycles. The Kier molecular flexibility index (Phi) is 8.05. The van der Waals surface area contributed by atoms with Crippen LogP contribution in [0.4, 0.5) is 4.39 Å². The highest BCUT2D eigenvalue weighted by atomic mass is 19.1. The molecule has 1 aliphatic heterocycles. The third kappa shape index (κ3) is 6.57. The third-order valence-corrected chi connectivity index (χ3v) is 5.39. The number of hydrogen-bond donors (Lipinski definition) is 1. The number of nitrogens with one attached hydrogen (secondary N) is 1. The molecule has 4 nitrogen and oxygen atoms in total. The van der Waals surface area contributed by atoms with Crippen LogP contribution >= 0.6 is 0 Å². The lowest BCUT2D eigenvalue weighted by atomic mass is 9.96. The Morgan fingerprint density at radius 1 is 1.21 bits per heavy atom. The van der Waals surface area contributed by atoms with Crippen molar-refractivity contribution in [2.75, 3.05) is 26.2 Å². The quantitative estimate of drug-likeness (QED) is 0.644. The second kappa shape index (κ2) is 11.0. The Labute approximate surface area is 173 Å². The summed E-state index contributed by atoms with van der Waals surface area (Å²) in [5, 5.41) is 3.11. The first kappa shape index (κ1) is 21.3. The fraction of sp³-hybridized carbons (Fsp3) is 0.458. The molecule has 156 valence electrons. The number of halogens is 1. The summed E-state index contributed by atoms with van der Waals surface area (Å²) in [4.78, 5) is 14.9. The number of aryl methyl sites for hydroxylation is 1. The van der Waals surface area contributed by atoms with Crippen LogP contribution in [0.2, 0.25) is 0 Å². The average molecular weight is 399 g/mol. The Hall–Kier alpha value is -2.40. The molecule has 1 amide bonds. The maximum Gasteiger partial charge on any atom is 0.224 e. The first-order valence-electron chi connectivity index (χ1n) is 10.6. The van der Waals surface area contributed by atoms with Crippen molar-refractivity contribution < 1.29 is 13.9 Å². The highest BCUT2D eigenvalue weighted by Gasteiger charge is 2.25. The first-order valence-corrected chi connectivity index (χ1v) is 10.6. The molecule has 1 fully saturated rings. The van der Waals surface area contributed by atoms with Crippen LogP contribution in [0.15, 0.2) is 48.5 Å². The lowest BCUT2D eigenvalue weighted by Crippen LogP contribution is -2.42. The number of hydrogen-bond acceptors (Lipinski definition) is 3. The van der Waals surface area contributed by atoms with Gasteiger partial charge in [-0.25, -0.2) is 4.39 Å². The Balaban J connectivity index is 1.41. The zero-order valence-electron chi connectivity index (χ0n) is 17.2. The molecule has 0 radical (unpaired) electrons. The molecule has 1 saturated heterocycles. The van der Waals surface area contributed by atoms with Gasteiger partial charge in [-0.2, -0.15) is 0 Å². The molecular weight excluding hydrogens is 367 g/mol. The zero-order valence-corrected chi connectivity index (χ0v) is 17.2. The van der Waals surface area contributed by atoms with Gasteiger partial charge in [-0.3, -0.25) is 9.69 Å². The van der Waals surface area contributed by atoms with Gasteiger partial charge >= 0.3 is 0 Å². The smallest absolute Gasteiger partial charge is 0.224 e. The van der Waals surface area contributed by atoms with Crippen LogP contribution in [0.3, 0.4) is 0 Å². The number of amides is 1. The fourth-order valence-corrected chi connectivity index (χ4v) is 3.90. The normalized spacial score (nSPS) is 17.1. The van der Waals surface area contributed by atoms with Gasteiger partial charge in [0.05, 0.1) is 12.5 Å². The summed E-state index contributed by atoms with van der Waals surface area (Å²) in [6, 6.07) is 14.7. The number of likely N-dealkylation sites (tertiary alicyclic amines) is 1. The molecule has 0 saturated carbocycles. The summed E-state index contributed by atoms with van der Waals surface area (Å²) in [7, 11) is 0. The van der Waals surface area contributed by atoms with Crippen LogP contribution in [-0.2, 0) is 17.8 Å². The van der Waals surface area contributed by atoms with Gasteiger partial charge in [0.1, 0.15) is 11.6 Å². The van der Waals surface area contributed by atoms with Crippen LogP contribution in [-0.4, -0.2) is 37.0 Å². The van der Waals surface area contributed by atoms with Gasteiger partial charge in [0.25, 0.3) is 0 Å². The number of ether oxygens (including phenoxy) is 1. The van der Waals surface area contributed by atoms with Crippen molar-refractivity contribution in [1.29, 1.82) is 0 Å². The molecule has 1 atom stereocenters. The highest BCUT2D eigenvalue weighted by Crippen LogP contribution is 2.20. The van der Waals surface area contributed by atoms with Crippen LogP contribution < -0.4 is 10.1 Å². The topological polar surface area (TPSA) is 41.6 Å². The predicted molar refractivity (Wildman–Crippen MR) is 113 cm³/mol. The Bertz CT molecular complexity index is 779. The van der Waals surface area contributed by atoms with E-state index in [0.717, 1.165) is 56.6 Å². The summed E-state index contributed by atoms with van der Waals surface area (Å²) < 4.78 is 18.7. The van der Waals surface area contributed by atoms with Crippen LogP contribution in [0, 0.1) is 11.7 Å². The molecule has 0 spiro atoms. The van der Waals surface area contributed by atoms with Gasteiger partial charge < -0.3 is 10.1 Å². The molecule has 2 aromatic rings. The minimum absolute atomic E-state index is 0.0277. The molecule has 1 N–H and O–H groups in total. The van der Waals surface area contributed by atoms with E-state index in [1.54, 1.807) is 0 Å². The zero-order chi connectivity index (χ0) is 20.5. The molecule has 0 bridgehead atoms. The van der Waals surface area contributed by atoms with Gasteiger partial charge in [0.2, 0.25) is 5.91 Å². The minimum Gasteiger partial charge on any atom is -0.494 e. The van der Waals surface area contributed by atoms with E-state index in [0.29, 0.717) is 13.2 Å². The molecule has 0 aliphatic carbocycles. The molecule has 0 aromatic heterocycles. The maximum atomic E-state index is 13.1. The van der Waals surface area contributed by atoms with Crippen molar-refractivity contribution in [3.63, 3.8) is 0 Å². The van der Waals surface area contributed by atoms with Crippen LogP contribution in [0.5, 0.6) is 5.75 Å². The standard InChI is InChI=1S/C24H31FN2O2/c1-2-29-23-10-4-3-7-20(23)8-5-15-26-24(28)21-9-6-16-27(18-21)17-19-11-13-22(25)14-12-19/h3-4,7,10-14,21H,2,5-6,8-9,15-18H2,1H3,(H,26,28). The minimum atomic E-state index is -0.214. The number of rotatable bonds is 9. The lowest BCUT2D eigenvalue weighted by molar-refractivity contribution is -0.126. The van der Waals surface area contributed by atoms with E-state index in [1.165, 1.54) is 17.7 Å². The van der Waals surface area contributed by atoms with Crippen LogP contribution in [0.25, 0.3) is 0 Å². The summed E-state index contributed by atoms with van der Waals surface area (Å²) in [6.07, 6.45) is 3.72. The van der Waals surface area contributed by atoms with Gasteiger partial charge in [0.15, 0.2) is 0 Å². The molecule has 29 heavy (non-hydrogen) atoms. The van der Waals surface area contributed by atoms with Crippen molar-refractivity contribution >= 4 is 5.91 Å². The van der Waals surface area contributed by atoms with Gasteiger partial charge in [0, 0.05) is 19.6 Å². The number of benzene rings is 2. The van der Waals surface area contributed by atoms with Gasteiger partial charge in [-0.05, 0) is 68.5 Å². The number of para-hydroxylation sites is 1. The molecule has 1 aliphatic rings. The van der Waals surface area contributed by atoms with E-state index in [4.69, 9.17) is 4.74 Å². The summed E-state index contributed by atoms with van der Waals surface area (Å²) in [6.45, 7) is 5.82. The van der Waals surface area contributed by atoms with Crippen molar-refractivity contribution in [3.05, 3.63) is 65.5 Å². The maximum absolute atomic E-state index is 13.1. The van der Waals surface area contributed by atoms with E-state index in [2.05, 4.69) is 16.3 Å². The predicted octanol–water partition coefficient (Wildman–Crippen LogP) is 4.19. The number of carbonyl (C=O) groups excluding carboxylic acids is 1. The van der Waals surface area contributed by atoms with Crippen LogP contribution in [0.1, 0.15) is 37.3 Å². The Morgan fingerprint density at radius 2 is 2.00 bits per heavy atom. The number of carbonyl (C=O) groups is 1. The largest absolute Gasteiger partial charge is 0.494 e. The van der Waals surface area contributed by atoms with Crippen molar-refractivity contribution in [3.8, 4) is 5.75 Å². The molecule has 1 heterocycles. The second-order valence-electron chi connectivity index (χ2n) is 7.64. The molecule has 5 heteroatoms. The van der Waals surface area contributed by atoms with E-state index in [1.807, 2.05) is 37.3 Å². The van der Waals surface area contributed by atoms with Gasteiger partial charge in [-0.1, -0.05) is 30.3 Å². The van der Waals surface area contributed by atoms with Crippen molar-refractivity contribution in [2.45, 2.75) is 39.2 Å². The molecule has 1 unspecified atom stereocenters. The Morgan fingerprint density at radius 3 is 2.79 bits per heavy atom. The number of piperidine rings is 1. The number of nitrogens with zero attached hydrogens (tertiary/aromatic N) is 1. The van der Waals surface area contributed by atoms with E-state index in [9.17, 15) is 9.18 Å². The van der Waals surface area contributed by atoms with Gasteiger partial charge in [-0.15, -0.1) is 0 Å².